The van der Waals surface area contributed by atoms with Crippen LogP contribution in [0, 0.1) is 5.41 Å². The average molecular weight is 268 g/mol. The van der Waals surface area contributed by atoms with Gasteiger partial charge in [-0.3, -0.25) is 5.41 Å². The van der Waals surface area contributed by atoms with Gasteiger partial charge in [-0.15, -0.1) is 4.98 Å². The van der Waals surface area contributed by atoms with Crippen molar-refractivity contribution in [1.82, 2.24) is 15.0 Å². The molecule has 1 atom stereocenters. The SMILES string of the molecule is COc1nc(OC)nc(N2CCOC(C(=N)N)C2)n1. The molecule has 1 fully saturated rings. The van der Waals surface area contributed by atoms with Gasteiger partial charge < -0.3 is 24.8 Å². The van der Waals surface area contributed by atoms with Gasteiger partial charge in [0.25, 0.3) is 0 Å². The second-order valence-electron chi connectivity index (χ2n) is 3.87. The number of nitrogens with one attached hydrogen (secondary N) is 1. The highest BCUT2D eigenvalue weighted by Gasteiger charge is 2.25. The number of hydrogen-bond donors (Lipinski definition) is 2. The van der Waals surface area contributed by atoms with Gasteiger partial charge in [0.15, 0.2) is 0 Å². The maximum atomic E-state index is 7.42. The van der Waals surface area contributed by atoms with Crippen LogP contribution in [0.1, 0.15) is 0 Å². The van der Waals surface area contributed by atoms with Crippen molar-refractivity contribution in [1.29, 1.82) is 5.41 Å². The first-order chi connectivity index (χ1) is 9.13. The van der Waals surface area contributed by atoms with Crippen LogP contribution < -0.4 is 20.1 Å². The smallest absolute Gasteiger partial charge is 0.324 e. The summed E-state index contributed by atoms with van der Waals surface area (Å²) in [7, 11) is 2.94. The molecule has 9 nitrogen and oxygen atoms in total. The van der Waals surface area contributed by atoms with E-state index >= 15 is 0 Å². The fraction of sp³-hybridized carbons (Fsp3) is 0.600. The minimum Gasteiger partial charge on any atom is -0.467 e. The summed E-state index contributed by atoms with van der Waals surface area (Å²) in [5.41, 5.74) is 5.45. The quantitative estimate of drug-likeness (QED) is 0.528. The Morgan fingerprint density at radius 1 is 1.32 bits per heavy atom. The Morgan fingerprint density at radius 3 is 2.47 bits per heavy atom. The number of hydrogen-bond acceptors (Lipinski definition) is 8. The van der Waals surface area contributed by atoms with Crippen molar-refractivity contribution in [2.75, 3.05) is 38.8 Å². The van der Waals surface area contributed by atoms with Crippen molar-refractivity contribution in [2.45, 2.75) is 6.10 Å². The third kappa shape index (κ3) is 2.99. The van der Waals surface area contributed by atoms with Crippen molar-refractivity contribution in [3.05, 3.63) is 0 Å². The van der Waals surface area contributed by atoms with Crippen LogP contribution in [0.3, 0.4) is 0 Å². The number of amidine groups is 1. The molecule has 1 unspecified atom stereocenters. The molecule has 0 radical (unpaired) electrons. The molecule has 0 saturated carbocycles. The minimum absolute atomic E-state index is 0.0160. The van der Waals surface area contributed by atoms with Crippen LogP contribution in [-0.2, 0) is 4.74 Å². The Balaban J connectivity index is 2.22. The topological polar surface area (TPSA) is 119 Å². The van der Waals surface area contributed by atoms with E-state index in [9.17, 15) is 0 Å². The van der Waals surface area contributed by atoms with Crippen molar-refractivity contribution < 1.29 is 14.2 Å². The van der Waals surface area contributed by atoms with E-state index in [0.717, 1.165) is 0 Å². The zero-order valence-corrected chi connectivity index (χ0v) is 10.8. The third-order valence-electron chi connectivity index (χ3n) is 2.64. The van der Waals surface area contributed by atoms with Crippen molar-refractivity contribution in [2.24, 2.45) is 5.73 Å². The van der Waals surface area contributed by atoms with Crippen LogP contribution in [-0.4, -0.2) is 60.8 Å². The van der Waals surface area contributed by atoms with Gasteiger partial charge in [-0.2, -0.15) is 9.97 Å². The van der Waals surface area contributed by atoms with E-state index in [1.165, 1.54) is 14.2 Å². The van der Waals surface area contributed by atoms with Crippen LogP contribution in [0.4, 0.5) is 5.95 Å². The molecule has 0 aliphatic carbocycles. The van der Waals surface area contributed by atoms with Gasteiger partial charge in [0.1, 0.15) is 11.9 Å². The Kier molecular flexibility index (Phi) is 3.95. The predicted molar refractivity (Wildman–Crippen MR) is 66.8 cm³/mol. The molecule has 0 spiro atoms. The molecule has 1 saturated heterocycles. The van der Waals surface area contributed by atoms with E-state index in [-0.39, 0.29) is 17.9 Å². The lowest BCUT2D eigenvalue weighted by atomic mass is 10.2. The normalized spacial score (nSPS) is 19.1. The lowest BCUT2D eigenvalue weighted by molar-refractivity contribution is 0.0818. The summed E-state index contributed by atoms with van der Waals surface area (Å²) in [4.78, 5) is 14.1. The summed E-state index contributed by atoms with van der Waals surface area (Å²) in [5.74, 6) is 0.399. The Morgan fingerprint density at radius 2 is 1.95 bits per heavy atom. The van der Waals surface area contributed by atoms with Crippen molar-refractivity contribution in [3.8, 4) is 12.0 Å². The molecular weight excluding hydrogens is 252 g/mol. The first-order valence-corrected chi connectivity index (χ1v) is 5.68. The number of ether oxygens (including phenoxy) is 3. The second kappa shape index (κ2) is 5.65. The molecule has 2 heterocycles. The van der Waals surface area contributed by atoms with E-state index in [1.54, 1.807) is 0 Å². The lowest BCUT2D eigenvalue weighted by Crippen LogP contribution is -2.48. The van der Waals surface area contributed by atoms with Crippen LogP contribution in [0.25, 0.3) is 0 Å². The molecule has 1 aliphatic rings. The van der Waals surface area contributed by atoms with Crippen LogP contribution in [0.5, 0.6) is 12.0 Å². The summed E-state index contributed by atoms with van der Waals surface area (Å²) in [5, 5.41) is 7.42. The highest BCUT2D eigenvalue weighted by atomic mass is 16.5. The molecule has 0 amide bonds. The maximum absolute atomic E-state index is 7.42. The summed E-state index contributed by atoms with van der Waals surface area (Å²) in [6, 6.07) is 0.348. The summed E-state index contributed by atoms with van der Waals surface area (Å²) in [6.45, 7) is 1.45. The van der Waals surface area contributed by atoms with E-state index in [4.69, 9.17) is 25.4 Å². The molecule has 1 aromatic heterocycles. The first kappa shape index (κ1) is 13.3. The van der Waals surface area contributed by atoms with E-state index in [2.05, 4.69) is 15.0 Å². The zero-order chi connectivity index (χ0) is 13.8. The molecule has 9 heteroatoms. The zero-order valence-electron chi connectivity index (χ0n) is 10.8. The number of aromatic nitrogens is 3. The molecule has 1 aliphatic heterocycles. The van der Waals surface area contributed by atoms with Crippen LogP contribution in [0.15, 0.2) is 0 Å². The fourth-order valence-electron chi connectivity index (χ4n) is 1.67. The number of nitrogens with zero attached hydrogens (tertiary/aromatic N) is 4. The number of rotatable bonds is 4. The number of morpholine rings is 1. The highest BCUT2D eigenvalue weighted by Crippen LogP contribution is 2.18. The predicted octanol–water partition coefficient (Wildman–Crippen LogP) is -0.970. The number of anilines is 1. The van der Waals surface area contributed by atoms with E-state index in [1.807, 2.05) is 4.90 Å². The van der Waals surface area contributed by atoms with Gasteiger partial charge in [-0.05, 0) is 0 Å². The van der Waals surface area contributed by atoms with E-state index in [0.29, 0.717) is 25.6 Å². The van der Waals surface area contributed by atoms with Crippen molar-refractivity contribution >= 4 is 11.8 Å². The number of methoxy groups -OCH3 is 2. The maximum Gasteiger partial charge on any atom is 0.324 e. The third-order valence-corrected chi connectivity index (χ3v) is 2.64. The summed E-state index contributed by atoms with van der Waals surface area (Å²) >= 11 is 0. The lowest BCUT2D eigenvalue weighted by Gasteiger charge is -2.32. The fourth-order valence-corrected chi connectivity index (χ4v) is 1.67. The van der Waals surface area contributed by atoms with Gasteiger partial charge in [0.05, 0.1) is 27.4 Å². The highest BCUT2D eigenvalue weighted by molar-refractivity contribution is 5.82. The molecule has 0 aromatic carbocycles. The Bertz CT molecular complexity index is 446. The summed E-state index contributed by atoms with van der Waals surface area (Å²) in [6.07, 6.45) is -0.456. The standard InChI is InChI=1S/C10H16N6O3/c1-17-9-13-8(14-10(15-9)18-2)16-3-4-19-6(5-16)7(11)12/h6H,3-5H2,1-2H3,(H3,11,12). The monoisotopic (exact) mass is 268 g/mol. The summed E-state index contributed by atoms with van der Waals surface area (Å²) < 4.78 is 15.4. The van der Waals surface area contributed by atoms with Gasteiger partial charge >= 0.3 is 12.0 Å². The van der Waals surface area contributed by atoms with Gasteiger partial charge in [0, 0.05) is 6.54 Å². The van der Waals surface area contributed by atoms with Gasteiger partial charge in [-0.25, -0.2) is 0 Å². The van der Waals surface area contributed by atoms with Gasteiger partial charge in [-0.1, -0.05) is 0 Å². The Hall–Kier alpha value is -2.16. The first-order valence-electron chi connectivity index (χ1n) is 5.68. The second-order valence-corrected chi connectivity index (χ2v) is 3.87. The Labute approximate surface area is 110 Å². The van der Waals surface area contributed by atoms with Crippen molar-refractivity contribution in [3.63, 3.8) is 0 Å². The largest absolute Gasteiger partial charge is 0.467 e. The molecule has 19 heavy (non-hydrogen) atoms. The van der Waals surface area contributed by atoms with Crippen LogP contribution >= 0.6 is 0 Å². The molecule has 1 aromatic rings. The van der Waals surface area contributed by atoms with Gasteiger partial charge in [0.2, 0.25) is 5.95 Å². The van der Waals surface area contributed by atoms with E-state index < -0.39 is 6.10 Å². The minimum atomic E-state index is -0.456. The molecule has 2 rings (SSSR count). The average Bonchev–Trinajstić information content (AvgIpc) is 2.46. The molecule has 0 bridgehead atoms. The number of nitrogens with two attached hydrogens (primary N) is 1. The van der Waals surface area contributed by atoms with Crippen LogP contribution in [0.2, 0.25) is 0 Å². The molecular formula is C10H16N6O3. The molecule has 3 N–H and O–H groups in total. The molecule has 104 valence electrons.